The highest BCUT2D eigenvalue weighted by Gasteiger charge is 2.23. The maximum atomic E-state index is 15.2. The van der Waals surface area contributed by atoms with Crippen LogP contribution in [0.2, 0.25) is 0 Å². The van der Waals surface area contributed by atoms with Gasteiger partial charge in [0.05, 0.1) is 35.1 Å². The molecular formula is C25H19F3N4O4. The van der Waals surface area contributed by atoms with Gasteiger partial charge in [0.15, 0.2) is 11.6 Å². The maximum absolute atomic E-state index is 15.2. The number of benzene rings is 3. The van der Waals surface area contributed by atoms with Crippen LogP contribution in [0.1, 0.15) is 15.9 Å². The number of carbonyl (C=O) groups is 2. The maximum Gasteiger partial charge on any atom is 0.323 e. The molecule has 0 radical (unpaired) electrons. The summed E-state index contributed by atoms with van der Waals surface area (Å²) in [6, 6.07) is 10.2. The molecule has 4 rings (SSSR count). The van der Waals surface area contributed by atoms with Gasteiger partial charge in [-0.2, -0.15) is 0 Å². The SMILES string of the molecule is COCCOc1cnc2ccc(C(=O)c3c(F)ccc(NC(=O)Nc4cccc(F)c4)c3F)cc2n1. The van der Waals surface area contributed by atoms with Crippen molar-refractivity contribution < 1.29 is 32.2 Å². The van der Waals surface area contributed by atoms with Crippen molar-refractivity contribution in [2.75, 3.05) is 31.0 Å². The minimum atomic E-state index is -1.27. The summed E-state index contributed by atoms with van der Waals surface area (Å²) in [6.07, 6.45) is 1.41. The average molecular weight is 496 g/mol. The van der Waals surface area contributed by atoms with Gasteiger partial charge in [-0.15, -0.1) is 0 Å². The number of rotatable bonds is 8. The second-order valence-electron chi connectivity index (χ2n) is 7.46. The summed E-state index contributed by atoms with van der Waals surface area (Å²) in [5, 5.41) is 4.52. The van der Waals surface area contributed by atoms with E-state index in [1.54, 1.807) is 0 Å². The summed E-state index contributed by atoms with van der Waals surface area (Å²) in [4.78, 5) is 33.7. The normalized spacial score (nSPS) is 10.8. The van der Waals surface area contributed by atoms with Gasteiger partial charge in [-0.05, 0) is 48.5 Å². The Hall–Kier alpha value is -4.51. The molecule has 2 N–H and O–H groups in total. The van der Waals surface area contributed by atoms with E-state index in [0.29, 0.717) is 12.1 Å². The summed E-state index contributed by atoms with van der Waals surface area (Å²) in [5.74, 6) is -3.73. The molecule has 0 bridgehead atoms. The highest BCUT2D eigenvalue weighted by atomic mass is 19.1. The van der Waals surface area contributed by atoms with Crippen LogP contribution in [0.3, 0.4) is 0 Å². The van der Waals surface area contributed by atoms with Gasteiger partial charge in [-0.25, -0.2) is 27.9 Å². The molecule has 0 unspecified atom stereocenters. The Morgan fingerprint density at radius 2 is 1.78 bits per heavy atom. The molecule has 0 saturated heterocycles. The Labute approximate surface area is 203 Å². The third-order valence-electron chi connectivity index (χ3n) is 4.97. The van der Waals surface area contributed by atoms with Gasteiger partial charge in [0.25, 0.3) is 0 Å². The van der Waals surface area contributed by atoms with E-state index in [-0.39, 0.29) is 29.3 Å². The molecule has 0 aliphatic rings. The number of fused-ring (bicyclic) bond motifs is 1. The lowest BCUT2D eigenvalue weighted by molar-refractivity contribution is 0.103. The van der Waals surface area contributed by atoms with Crippen LogP contribution in [0.15, 0.2) is 60.8 Å². The molecule has 0 atom stereocenters. The molecule has 184 valence electrons. The molecule has 36 heavy (non-hydrogen) atoms. The molecule has 2 amide bonds. The van der Waals surface area contributed by atoms with Gasteiger partial charge in [-0.3, -0.25) is 4.79 Å². The van der Waals surface area contributed by atoms with Gasteiger partial charge >= 0.3 is 6.03 Å². The quantitative estimate of drug-likeness (QED) is 0.264. The molecule has 11 heteroatoms. The Kier molecular flexibility index (Phi) is 7.40. The Bertz CT molecular complexity index is 1450. The molecule has 4 aromatic rings. The lowest BCUT2D eigenvalue weighted by Crippen LogP contribution is -2.21. The largest absolute Gasteiger partial charge is 0.474 e. The second-order valence-corrected chi connectivity index (χ2v) is 7.46. The molecule has 1 heterocycles. The van der Waals surface area contributed by atoms with Crippen LogP contribution < -0.4 is 15.4 Å². The number of nitrogens with one attached hydrogen (secondary N) is 2. The fourth-order valence-corrected chi connectivity index (χ4v) is 3.29. The number of nitrogens with zero attached hydrogens (tertiary/aromatic N) is 2. The van der Waals surface area contributed by atoms with Crippen molar-refractivity contribution in [3.8, 4) is 5.88 Å². The van der Waals surface area contributed by atoms with Crippen molar-refractivity contribution in [3.05, 3.63) is 89.4 Å². The highest BCUT2D eigenvalue weighted by Crippen LogP contribution is 2.26. The van der Waals surface area contributed by atoms with Crippen molar-refractivity contribution in [1.29, 1.82) is 0 Å². The minimum Gasteiger partial charge on any atom is -0.474 e. The first kappa shape index (κ1) is 24.6. The lowest BCUT2D eigenvalue weighted by atomic mass is 10.0. The molecule has 1 aromatic heterocycles. The summed E-state index contributed by atoms with van der Waals surface area (Å²) in [6.45, 7) is 0.569. The Morgan fingerprint density at radius 3 is 2.56 bits per heavy atom. The molecular weight excluding hydrogens is 477 g/mol. The monoisotopic (exact) mass is 496 g/mol. The molecule has 8 nitrogen and oxygen atoms in total. The van der Waals surface area contributed by atoms with Gasteiger partial charge in [0.2, 0.25) is 5.88 Å². The number of anilines is 2. The fourth-order valence-electron chi connectivity index (χ4n) is 3.29. The van der Waals surface area contributed by atoms with E-state index >= 15 is 4.39 Å². The topological polar surface area (TPSA) is 102 Å². The predicted molar refractivity (Wildman–Crippen MR) is 126 cm³/mol. The average Bonchev–Trinajstić information content (AvgIpc) is 2.85. The Balaban J connectivity index is 1.58. The van der Waals surface area contributed by atoms with Crippen molar-refractivity contribution in [3.63, 3.8) is 0 Å². The van der Waals surface area contributed by atoms with E-state index in [1.807, 2.05) is 0 Å². The predicted octanol–water partition coefficient (Wildman–Crippen LogP) is 4.95. The van der Waals surface area contributed by atoms with Crippen LogP contribution in [0.25, 0.3) is 11.0 Å². The van der Waals surface area contributed by atoms with Crippen LogP contribution in [0.4, 0.5) is 29.3 Å². The zero-order valence-corrected chi connectivity index (χ0v) is 18.8. The Morgan fingerprint density at radius 1 is 0.944 bits per heavy atom. The van der Waals surface area contributed by atoms with E-state index in [9.17, 15) is 18.4 Å². The van der Waals surface area contributed by atoms with Gasteiger partial charge < -0.3 is 20.1 Å². The van der Waals surface area contributed by atoms with Crippen LogP contribution in [0, 0.1) is 17.5 Å². The molecule has 0 spiro atoms. The van der Waals surface area contributed by atoms with Crippen molar-refractivity contribution in [2.24, 2.45) is 0 Å². The van der Waals surface area contributed by atoms with Crippen molar-refractivity contribution >= 4 is 34.2 Å². The number of hydrogen-bond donors (Lipinski definition) is 2. The summed E-state index contributed by atoms with van der Waals surface area (Å²) < 4.78 is 53.3. The van der Waals surface area contributed by atoms with Crippen LogP contribution >= 0.6 is 0 Å². The summed E-state index contributed by atoms with van der Waals surface area (Å²) in [7, 11) is 1.52. The van der Waals surface area contributed by atoms with E-state index in [4.69, 9.17) is 9.47 Å². The van der Waals surface area contributed by atoms with E-state index in [1.165, 1.54) is 49.7 Å². The zero-order chi connectivity index (χ0) is 25.7. The van der Waals surface area contributed by atoms with Gasteiger partial charge in [0.1, 0.15) is 18.2 Å². The van der Waals surface area contributed by atoms with E-state index < -0.39 is 40.5 Å². The van der Waals surface area contributed by atoms with Crippen LogP contribution in [-0.2, 0) is 4.74 Å². The van der Waals surface area contributed by atoms with E-state index in [2.05, 4.69) is 20.6 Å². The number of amides is 2. The van der Waals surface area contributed by atoms with Gasteiger partial charge in [-0.1, -0.05) is 6.07 Å². The summed E-state index contributed by atoms with van der Waals surface area (Å²) in [5.41, 5.74) is -0.517. The third kappa shape index (κ3) is 5.58. The number of ketones is 1. The smallest absolute Gasteiger partial charge is 0.323 e. The molecule has 0 aliphatic heterocycles. The van der Waals surface area contributed by atoms with Crippen LogP contribution in [-0.4, -0.2) is 42.1 Å². The van der Waals surface area contributed by atoms with Crippen molar-refractivity contribution in [1.82, 2.24) is 9.97 Å². The minimum absolute atomic E-state index is 0.0509. The van der Waals surface area contributed by atoms with Gasteiger partial charge in [0, 0.05) is 18.4 Å². The number of carbonyl (C=O) groups excluding carboxylic acids is 2. The number of halogens is 3. The molecule has 0 fully saturated rings. The third-order valence-corrected chi connectivity index (χ3v) is 4.97. The van der Waals surface area contributed by atoms with Crippen molar-refractivity contribution in [2.45, 2.75) is 0 Å². The highest BCUT2D eigenvalue weighted by molar-refractivity contribution is 6.11. The number of hydrogen-bond acceptors (Lipinski definition) is 6. The first-order valence-electron chi connectivity index (χ1n) is 10.6. The number of urea groups is 1. The lowest BCUT2D eigenvalue weighted by Gasteiger charge is -2.12. The standard InChI is InChI=1S/C25H19F3N4O4/c1-35-9-10-36-21-13-29-18-7-5-14(11-20(18)31-21)24(33)22-17(27)6-8-19(23(22)28)32-25(34)30-16-4-2-3-15(26)12-16/h2-8,11-13H,9-10H2,1H3,(H2,30,32,34). The fraction of sp³-hybridized carbons (Fsp3) is 0.120. The number of aromatic nitrogens is 2. The zero-order valence-electron chi connectivity index (χ0n) is 18.8. The number of methoxy groups -OCH3 is 1. The summed E-state index contributed by atoms with van der Waals surface area (Å²) >= 11 is 0. The second kappa shape index (κ2) is 10.8. The molecule has 0 aliphatic carbocycles. The van der Waals surface area contributed by atoms with E-state index in [0.717, 1.165) is 18.2 Å². The van der Waals surface area contributed by atoms with Crippen LogP contribution in [0.5, 0.6) is 5.88 Å². The first-order valence-corrected chi connectivity index (χ1v) is 10.6. The molecule has 0 saturated carbocycles. The molecule has 3 aromatic carbocycles. The number of ether oxygens (including phenoxy) is 2. The first-order chi connectivity index (χ1) is 17.4.